The minimum absolute atomic E-state index is 0.0905. The summed E-state index contributed by atoms with van der Waals surface area (Å²) in [4.78, 5) is 29.9. The first kappa shape index (κ1) is 31.6. The Hall–Kier alpha value is -4.29. The normalized spacial score (nSPS) is 17.5. The molecule has 11 nitrogen and oxygen atoms in total. The van der Waals surface area contributed by atoms with Crippen LogP contribution in [-0.2, 0) is 10.0 Å². The summed E-state index contributed by atoms with van der Waals surface area (Å²) in [6, 6.07) is 17.1. The minimum Gasteiger partial charge on any atom is -0.497 e. The first-order chi connectivity index (χ1) is 20.4. The fourth-order valence-electron chi connectivity index (χ4n) is 4.68. The maximum absolute atomic E-state index is 13.7. The molecule has 1 heterocycles. The second kappa shape index (κ2) is 13.3. The van der Waals surface area contributed by atoms with Crippen molar-refractivity contribution in [3.05, 3.63) is 77.9 Å². The Morgan fingerprint density at radius 2 is 1.77 bits per heavy atom. The lowest BCUT2D eigenvalue weighted by atomic mass is 9.99. The Labute approximate surface area is 252 Å². The van der Waals surface area contributed by atoms with Gasteiger partial charge in [0.25, 0.3) is 15.9 Å². The van der Waals surface area contributed by atoms with E-state index in [1.807, 2.05) is 13.8 Å². The van der Waals surface area contributed by atoms with Crippen molar-refractivity contribution in [2.75, 3.05) is 43.9 Å². The number of carbonyl (C=O) groups is 2. The number of aryl methyl sites for hydroxylation is 1. The smallest absolute Gasteiger partial charge is 0.321 e. The fraction of sp³-hybridized carbons (Fsp3) is 0.355. The summed E-state index contributed by atoms with van der Waals surface area (Å²) in [7, 11) is -0.698. The largest absolute Gasteiger partial charge is 0.497 e. The Morgan fingerprint density at radius 1 is 1.12 bits per heavy atom. The van der Waals surface area contributed by atoms with Crippen LogP contribution in [0.3, 0.4) is 0 Å². The highest BCUT2D eigenvalue weighted by molar-refractivity contribution is 7.92. The first-order valence-corrected chi connectivity index (χ1v) is 15.4. The van der Waals surface area contributed by atoms with Crippen LogP contribution >= 0.6 is 0 Å². The molecule has 3 aromatic rings. The van der Waals surface area contributed by atoms with Gasteiger partial charge in [-0.25, -0.2) is 13.2 Å². The van der Waals surface area contributed by atoms with E-state index in [9.17, 15) is 23.1 Å². The molecular weight excluding hydrogens is 572 g/mol. The van der Waals surface area contributed by atoms with Crippen LogP contribution in [-0.4, -0.2) is 81.3 Å². The van der Waals surface area contributed by atoms with Crippen molar-refractivity contribution < 1.29 is 32.6 Å². The standard InChI is InChI=1S/C31H38N4O7S/c1-20-6-13-26(14-7-20)43(39,40)33-24-10-15-28-27(16-24)30(37)35(22(3)19-36)17-21(2)29(42-28)18-34(4)31(38)32-23-8-11-25(41-5)12-9-23/h6-16,21-22,29,33,36H,17-19H2,1-5H3,(H,32,38)/t21-,22-,29-/m0/s1. The molecule has 0 spiro atoms. The fourth-order valence-corrected chi connectivity index (χ4v) is 5.73. The molecule has 0 bridgehead atoms. The first-order valence-electron chi connectivity index (χ1n) is 13.9. The summed E-state index contributed by atoms with van der Waals surface area (Å²) in [5, 5.41) is 12.8. The van der Waals surface area contributed by atoms with Crippen molar-refractivity contribution >= 4 is 33.3 Å². The predicted octanol–water partition coefficient (Wildman–Crippen LogP) is 4.19. The molecule has 0 aliphatic carbocycles. The molecule has 4 rings (SSSR count). The number of urea groups is 1. The SMILES string of the molecule is COc1ccc(NC(=O)N(C)C[C@@H]2Oc3ccc(NS(=O)(=O)c4ccc(C)cc4)cc3C(=O)N([C@@H](C)CO)C[C@@H]2C)cc1. The predicted molar refractivity (Wildman–Crippen MR) is 164 cm³/mol. The Balaban J connectivity index is 1.59. The molecule has 3 aromatic carbocycles. The van der Waals surface area contributed by atoms with Gasteiger partial charge in [0.15, 0.2) is 0 Å². The van der Waals surface area contributed by atoms with E-state index in [1.165, 1.54) is 29.2 Å². The number of rotatable bonds is 9. The van der Waals surface area contributed by atoms with Gasteiger partial charge in [-0.05, 0) is 68.4 Å². The van der Waals surface area contributed by atoms with E-state index in [2.05, 4.69) is 10.0 Å². The van der Waals surface area contributed by atoms with Crippen LogP contribution in [0.25, 0.3) is 0 Å². The number of nitrogens with zero attached hydrogens (tertiary/aromatic N) is 2. The molecule has 0 unspecified atom stereocenters. The molecule has 12 heteroatoms. The number of methoxy groups -OCH3 is 1. The molecule has 0 saturated heterocycles. The Kier molecular flexibility index (Phi) is 9.82. The van der Waals surface area contributed by atoms with Gasteiger partial charge in [0.1, 0.15) is 17.6 Å². The highest BCUT2D eigenvalue weighted by Crippen LogP contribution is 2.31. The van der Waals surface area contributed by atoms with Crippen LogP contribution < -0.4 is 19.5 Å². The van der Waals surface area contributed by atoms with Gasteiger partial charge in [-0.2, -0.15) is 0 Å². The van der Waals surface area contributed by atoms with Crippen LogP contribution in [0, 0.1) is 12.8 Å². The number of sulfonamides is 1. The topological polar surface area (TPSA) is 138 Å². The second-order valence-electron chi connectivity index (χ2n) is 10.8. The van der Waals surface area contributed by atoms with Gasteiger partial charge >= 0.3 is 6.03 Å². The number of hydrogen-bond acceptors (Lipinski definition) is 7. The second-order valence-corrected chi connectivity index (χ2v) is 12.5. The number of aliphatic hydroxyl groups excluding tert-OH is 1. The molecule has 3 N–H and O–H groups in total. The molecule has 1 aliphatic heterocycles. The number of amides is 3. The van der Waals surface area contributed by atoms with Crippen molar-refractivity contribution in [2.24, 2.45) is 5.92 Å². The third-order valence-electron chi connectivity index (χ3n) is 7.39. The zero-order valence-electron chi connectivity index (χ0n) is 24.9. The number of ether oxygens (including phenoxy) is 2. The molecule has 1 aliphatic rings. The number of benzene rings is 3. The van der Waals surface area contributed by atoms with Crippen molar-refractivity contribution in [2.45, 2.75) is 37.8 Å². The molecule has 230 valence electrons. The Morgan fingerprint density at radius 3 is 2.40 bits per heavy atom. The average Bonchev–Trinajstić information content (AvgIpc) is 2.99. The Bertz CT molecular complexity index is 1550. The molecule has 0 radical (unpaired) electrons. The van der Waals surface area contributed by atoms with Gasteiger partial charge in [0.05, 0.1) is 36.8 Å². The molecule has 0 aromatic heterocycles. The molecule has 43 heavy (non-hydrogen) atoms. The third kappa shape index (κ3) is 7.57. The quantitative estimate of drug-likeness (QED) is 0.330. The van der Waals surface area contributed by atoms with E-state index in [4.69, 9.17) is 9.47 Å². The summed E-state index contributed by atoms with van der Waals surface area (Å²) in [5.41, 5.74) is 1.86. The van der Waals surface area contributed by atoms with Crippen LogP contribution in [0.4, 0.5) is 16.2 Å². The molecule has 0 fully saturated rings. The number of fused-ring (bicyclic) bond motifs is 1. The summed E-state index contributed by atoms with van der Waals surface area (Å²) < 4.78 is 40.1. The van der Waals surface area contributed by atoms with Gasteiger partial charge in [-0.1, -0.05) is 24.6 Å². The number of nitrogens with one attached hydrogen (secondary N) is 2. The van der Waals surface area contributed by atoms with Gasteiger partial charge < -0.3 is 29.7 Å². The van der Waals surface area contributed by atoms with Crippen LogP contribution in [0.1, 0.15) is 29.8 Å². The van der Waals surface area contributed by atoms with Gasteiger partial charge in [0, 0.05) is 30.9 Å². The number of anilines is 2. The van der Waals surface area contributed by atoms with E-state index >= 15 is 0 Å². The maximum Gasteiger partial charge on any atom is 0.321 e. The molecule has 0 saturated carbocycles. The van der Waals surface area contributed by atoms with Gasteiger partial charge in [-0.3, -0.25) is 9.52 Å². The lowest BCUT2D eigenvalue weighted by Gasteiger charge is -2.38. The highest BCUT2D eigenvalue weighted by Gasteiger charge is 2.34. The third-order valence-corrected chi connectivity index (χ3v) is 8.79. The van der Waals surface area contributed by atoms with E-state index in [-0.39, 0.29) is 53.5 Å². The van der Waals surface area contributed by atoms with E-state index in [0.717, 1.165) is 5.56 Å². The minimum atomic E-state index is -3.91. The highest BCUT2D eigenvalue weighted by atomic mass is 32.2. The summed E-state index contributed by atoms with van der Waals surface area (Å²) >= 11 is 0. The zero-order valence-corrected chi connectivity index (χ0v) is 25.7. The van der Waals surface area contributed by atoms with Crippen molar-refractivity contribution in [1.29, 1.82) is 0 Å². The van der Waals surface area contributed by atoms with Crippen LogP contribution in [0.15, 0.2) is 71.6 Å². The van der Waals surface area contributed by atoms with Gasteiger partial charge in [-0.15, -0.1) is 0 Å². The van der Waals surface area contributed by atoms with Crippen molar-refractivity contribution in [1.82, 2.24) is 9.80 Å². The van der Waals surface area contributed by atoms with Gasteiger partial charge in [0.2, 0.25) is 0 Å². The lowest BCUT2D eigenvalue weighted by Crippen LogP contribution is -2.50. The monoisotopic (exact) mass is 610 g/mol. The molecular formula is C31H38N4O7S. The van der Waals surface area contributed by atoms with E-state index in [0.29, 0.717) is 11.4 Å². The molecule has 3 amide bonds. The van der Waals surface area contributed by atoms with E-state index in [1.54, 1.807) is 68.4 Å². The summed E-state index contributed by atoms with van der Waals surface area (Å²) in [6.07, 6.45) is -0.526. The van der Waals surface area contributed by atoms with Crippen LogP contribution in [0.2, 0.25) is 0 Å². The number of aliphatic hydroxyl groups is 1. The average molecular weight is 611 g/mol. The lowest BCUT2D eigenvalue weighted by molar-refractivity contribution is 0.0371. The molecule has 3 atom stereocenters. The number of carbonyl (C=O) groups excluding carboxylic acids is 2. The zero-order chi connectivity index (χ0) is 31.3. The van der Waals surface area contributed by atoms with Crippen LogP contribution in [0.5, 0.6) is 11.5 Å². The number of hydrogen-bond donors (Lipinski definition) is 3. The van der Waals surface area contributed by atoms with E-state index < -0.39 is 28.1 Å². The summed E-state index contributed by atoms with van der Waals surface area (Å²) in [6.45, 7) is 5.70. The van der Waals surface area contributed by atoms with Crippen molar-refractivity contribution in [3.63, 3.8) is 0 Å². The van der Waals surface area contributed by atoms with Crippen molar-refractivity contribution in [3.8, 4) is 11.5 Å². The maximum atomic E-state index is 13.7. The number of likely N-dealkylation sites (N-methyl/N-ethyl adjacent to an activating group) is 1. The summed E-state index contributed by atoms with van der Waals surface area (Å²) in [5.74, 6) is 0.300.